The van der Waals surface area contributed by atoms with Crippen molar-refractivity contribution < 1.29 is 14.3 Å². The maximum absolute atomic E-state index is 13.4. The van der Waals surface area contributed by atoms with Gasteiger partial charge in [-0.05, 0) is 66.2 Å². The van der Waals surface area contributed by atoms with E-state index >= 15 is 0 Å². The van der Waals surface area contributed by atoms with Crippen molar-refractivity contribution in [1.29, 1.82) is 0 Å². The molecular weight excluding hydrogens is 469 g/mol. The van der Waals surface area contributed by atoms with Gasteiger partial charge in [0.15, 0.2) is 0 Å². The minimum absolute atomic E-state index is 0.0208. The standard InChI is InChI=1S/C26H23ClFN5O2/c27-17-3-8-22(16(11-17)13-28)32-19-6-10-24(34)21(12-19)23-9-7-20(25(30)33-23)26(35)31-14-15-1-4-18(29)5-2-15/h1-12,32,34H,13-14,29H2,(H2,30,33)(H,31,35). The van der Waals surface area contributed by atoms with Crippen LogP contribution in [0.3, 0.4) is 0 Å². The number of halogens is 2. The summed E-state index contributed by atoms with van der Waals surface area (Å²) < 4.78 is 13.4. The van der Waals surface area contributed by atoms with Gasteiger partial charge in [-0.15, -0.1) is 0 Å². The molecule has 178 valence electrons. The number of carbonyl (C=O) groups excluding carboxylic acids is 1. The highest BCUT2D eigenvalue weighted by atomic mass is 35.5. The summed E-state index contributed by atoms with van der Waals surface area (Å²) in [6, 6.07) is 20.0. The number of anilines is 4. The van der Waals surface area contributed by atoms with E-state index in [1.54, 1.807) is 54.6 Å². The Morgan fingerprint density at radius 2 is 1.77 bits per heavy atom. The Morgan fingerprint density at radius 1 is 1.00 bits per heavy atom. The SMILES string of the molecule is Nc1ccc(CNC(=O)c2ccc(-c3cc(Nc4ccc(Cl)cc4CF)ccc3O)nc2N)cc1. The molecular formula is C26H23ClFN5O2. The summed E-state index contributed by atoms with van der Waals surface area (Å²) in [7, 11) is 0. The molecule has 7 nitrogen and oxygen atoms in total. The van der Waals surface area contributed by atoms with Crippen LogP contribution in [0.15, 0.2) is 72.8 Å². The van der Waals surface area contributed by atoms with E-state index in [0.717, 1.165) is 5.56 Å². The highest BCUT2D eigenvalue weighted by Gasteiger charge is 2.15. The van der Waals surface area contributed by atoms with Gasteiger partial charge in [0, 0.05) is 39.8 Å². The van der Waals surface area contributed by atoms with E-state index < -0.39 is 6.67 Å². The lowest BCUT2D eigenvalue weighted by atomic mass is 10.1. The summed E-state index contributed by atoms with van der Waals surface area (Å²) in [5, 5.41) is 16.8. The van der Waals surface area contributed by atoms with Crippen LogP contribution in [0.5, 0.6) is 5.75 Å². The van der Waals surface area contributed by atoms with Gasteiger partial charge < -0.3 is 27.2 Å². The minimum Gasteiger partial charge on any atom is -0.507 e. The van der Waals surface area contributed by atoms with E-state index in [9.17, 15) is 14.3 Å². The Labute approximate surface area is 206 Å². The van der Waals surface area contributed by atoms with Crippen molar-refractivity contribution in [3.63, 3.8) is 0 Å². The second-order valence-corrected chi connectivity index (χ2v) is 8.28. The second-order valence-electron chi connectivity index (χ2n) is 7.85. The van der Waals surface area contributed by atoms with Crippen molar-refractivity contribution in [3.8, 4) is 17.0 Å². The average molecular weight is 492 g/mol. The van der Waals surface area contributed by atoms with Crippen molar-refractivity contribution in [2.45, 2.75) is 13.2 Å². The number of carbonyl (C=O) groups is 1. The number of nitrogens with two attached hydrogens (primary N) is 2. The van der Waals surface area contributed by atoms with E-state index in [0.29, 0.717) is 45.5 Å². The average Bonchev–Trinajstić information content (AvgIpc) is 2.85. The number of hydrogen-bond acceptors (Lipinski definition) is 6. The molecule has 1 aromatic heterocycles. The molecule has 0 atom stereocenters. The fraction of sp³-hybridized carbons (Fsp3) is 0.0769. The monoisotopic (exact) mass is 491 g/mol. The van der Waals surface area contributed by atoms with Crippen molar-refractivity contribution >= 4 is 40.4 Å². The third-order valence-electron chi connectivity index (χ3n) is 5.36. The van der Waals surface area contributed by atoms with Crippen LogP contribution in [-0.4, -0.2) is 16.0 Å². The molecule has 0 spiro atoms. The zero-order chi connectivity index (χ0) is 24.9. The van der Waals surface area contributed by atoms with Gasteiger partial charge in [0.1, 0.15) is 18.2 Å². The molecule has 4 aromatic rings. The van der Waals surface area contributed by atoms with Gasteiger partial charge in [0.05, 0.1) is 11.3 Å². The van der Waals surface area contributed by atoms with E-state index in [4.69, 9.17) is 23.1 Å². The van der Waals surface area contributed by atoms with Gasteiger partial charge in [-0.1, -0.05) is 23.7 Å². The molecule has 35 heavy (non-hydrogen) atoms. The van der Waals surface area contributed by atoms with Crippen LogP contribution >= 0.6 is 11.6 Å². The molecule has 7 N–H and O–H groups in total. The van der Waals surface area contributed by atoms with E-state index in [1.807, 2.05) is 12.1 Å². The first-order valence-corrected chi connectivity index (χ1v) is 11.1. The lowest BCUT2D eigenvalue weighted by Gasteiger charge is -2.13. The van der Waals surface area contributed by atoms with Crippen LogP contribution in [0.1, 0.15) is 21.5 Å². The number of nitrogen functional groups attached to an aromatic ring is 2. The van der Waals surface area contributed by atoms with Gasteiger partial charge in [0.2, 0.25) is 0 Å². The number of nitrogens with zero attached hydrogens (tertiary/aromatic N) is 1. The first-order valence-electron chi connectivity index (χ1n) is 10.7. The maximum Gasteiger partial charge on any atom is 0.255 e. The summed E-state index contributed by atoms with van der Waals surface area (Å²) >= 11 is 5.95. The Kier molecular flexibility index (Phi) is 7.03. The number of hydrogen-bond donors (Lipinski definition) is 5. The number of aromatic hydroxyl groups is 1. The predicted molar refractivity (Wildman–Crippen MR) is 137 cm³/mol. The Morgan fingerprint density at radius 3 is 2.49 bits per heavy atom. The molecule has 3 aromatic carbocycles. The molecule has 0 radical (unpaired) electrons. The van der Waals surface area contributed by atoms with E-state index in [-0.39, 0.29) is 23.0 Å². The smallest absolute Gasteiger partial charge is 0.255 e. The number of alkyl halides is 1. The maximum atomic E-state index is 13.4. The van der Waals surface area contributed by atoms with Gasteiger partial charge in [-0.3, -0.25) is 4.79 Å². The number of phenolic OH excluding ortho intramolecular Hbond substituents is 1. The largest absolute Gasteiger partial charge is 0.507 e. The number of rotatable bonds is 7. The summed E-state index contributed by atoms with van der Waals surface area (Å²) in [6.07, 6.45) is 0. The number of aromatic nitrogens is 1. The molecule has 9 heteroatoms. The minimum atomic E-state index is -0.687. The molecule has 0 saturated heterocycles. The van der Waals surface area contributed by atoms with Crippen LogP contribution in [-0.2, 0) is 13.2 Å². The fourth-order valence-corrected chi connectivity index (χ4v) is 3.69. The van der Waals surface area contributed by atoms with E-state index in [1.165, 1.54) is 6.07 Å². The lowest BCUT2D eigenvalue weighted by Crippen LogP contribution is -2.24. The molecule has 4 rings (SSSR count). The number of benzene rings is 3. The zero-order valence-corrected chi connectivity index (χ0v) is 19.3. The summed E-state index contributed by atoms with van der Waals surface area (Å²) in [5.41, 5.74) is 15.8. The second kappa shape index (κ2) is 10.3. The molecule has 0 fully saturated rings. The van der Waals surface area contributed by atoms with Crippen LogP contribution in [0.2, 0.25) is 5.02 Å². The van der Waals surface area contributed by atoms with Gasteiger partial charge in [-0.25, -0.2) is 9.37 Å². The Bertz CT molecular complexity index is 1380. The number of amides is 1. The molecule has 0 aliphatic rings. The van der Waals surface area contributed by atoms with E-state index in [2.05, 4.69) is 15.6 Å². The highest BCUT2D eigenvalue weighted by molar-refractivity contribution is 6.30. The molecule has 0 bridgehead atoms. The highest BCUT2D eigenvalue weighted by Crippen LogP contribution is 2.33. The summed E-state index contributed by atoms with van der Waals surface area (Å²) in [5.74, 6) is -0.378. The fourth-order valence-electron chi connectivity index (χ4n) is 3.50. The van der Waals surface area contributed by atoms with Crippen molar-refractivity contribution in [2.75, 3.05) is 16.8 Å². The molecule has 0 aliphatic heterocycles. The van der Waals surface area contributed by atoms with Gasteiger partial charge in [0.25, 0.3) is 5.91 Å². The van der Waals surface area contributed by atoms with Crippen LogP contribution in [0.25, 0.3) is 11.3 Å². The first-order chi connectivity index (χ1) is 16.8. The molecule has 0 unspecified atom stereocenters. The van der Waals surface area contributed by atoms with Crippen molar-refractivity contribution in [3.05, 3.63) is 94.5 Å². The first kappa shape index (κ1) is 23.8. The third-order valence-corrected chi connectivity index (χ3v) is 5.60. The number of pyridine rings is 1. The topological polar surface area (TPSA) is 126 Å². The number of phenols is 1. The summed E-state index contributed by atoms with van der Waals surface area (Å²) in [4.78, 5) is 16.9. The molecule has 1 amide bonds. The van der Waals surface area contributed by atoms with Crippen molar-refractivity contribution in [2.24, 2.45) is 0 Å². The number of nitrogens with one attached hydrogen (secondary N) is 2. The Hall–Kier alpha value is -4.30. The molecule has 1 heterocycles. The molecule has 0 saturated carbocycles. The lowest BCUT2D eigenvalue weighted by molar-refractivity contribution is 0.0951. The van der Waals surface area contributed by atoms with Crippen LogP contribution < -0.4 is 22.1 Å². The quantitative estimate of drug-likeness (QED) is 0.174. The normalized spacial score (nSPS) is 10.7. The van der Waals surface area contributed by atoms with Crippen LogP contribution in [0.4, 0.5) is 27.3 Å². The zero-order valence-electron chi connectivity index (χ0n) is 18.6. The predicted octanol–water partition coefficient (Wildman–Crippen LogP) is 5.42. The third kappa shape index (κ3) is 5.62. The van der Waals surface area contributed by atoms with Gasteiger partial charge in [-0.2, -0.15) is 0 Å². The van der Waals surface area contributed by atoms with Crippen molar-refractivity contribution in [1.82, 2.24) is 10.3 Å². The summed E-state index contributed by atoms with van der Waals surface area (Å²) in [6.45, 7) is -0.381. The van der Waals surface area contributed by atoms with Crippen LogP contribution in [0, 0.1) is 0 Å². The van der Waals surface area contributed by atoms with Gasteiger partial charge >= 0.3 is 0 Å². The Balaban J connectivity index is 1.53. The molecule has 0 aliphatic carbocycles.